The minimum Gasteiger partial charge on any atom is 0 e. The van der Waals surface area contributed by atoms with Crippen molar-refractivity contribution in [1.82, 2.24) is 15.0 Å². The zero-order chi connectivity index (χ0) is 33.0. The van der Waals surface area contributed by atoms with E-state index < -0.39 is 13.3 Å². The van der Waals surface area contributed by atoms with Crippen LogP contribution in [0.4, 0.5) is 0 Å². The van der Waals surface area contributed by atoms with Gasteiger partial charge >= 0.3 is 132 Å². The minimum atomic E-state index is -1.87. The molecule has 0 amide bonds. The van der Waals surface area contributed by atoms with Crippen LogP contribution in [0.3, 0.4) is 0 Å². The molecule has 0 aliphatic heterocycles. The van der Waals surface area contributed by atoms with Crippen LogP contribution in [0.25, 0.3) is 44.6 Å². The molecule has 0 fully saturated rings. The van der Waals surface area contributed by atoms with Crippen LogP contribution in [0.2, 0.25) is 17.3 Å². The molecule has 1 unspecified atom stereocenters. The van der Waals surface area contributed by atoms with E-state index in [1.165, 1.54) is 17.5 Å². The maximum atomic E-state index is 5.93. The van der Waals surface area contributed by atoms with Crippen molar-refractivity contribution in [2.45, 2.75) is 83.5 Å². The van der Waals surface area contributed by atoms with Gasteiger partial charge < -0.3 is 9.40 Å². The molecule has 4 nitrogen and oxygen atoms in total. The van der Waals surface area contributed by atoms with E-state index >= 15 is 0 Å². The molecule has 0 aliphatic rings. The molecular formula is C41H47GeIrN3O-2. The fraction of sp³-hybridized carbons (Fsp3) is 0.341. The van der Waals surface area contributed by atoms with Gasteiger partial charge in [-0.3, -0.25) is 0 Å². The van der Waals surface area contributed by atoms with Crippen molar-refractivity contribution in [1.29, 1.82) is 0 Å². The second-order valence-electron chi connectivity index (χ2n) is 14.1. The third-order valence-corrected chi connectivity index (χ3v) is 13.0. The molecule has 0 bridgehead atoms. The van der Waals surface area contributed by atoms with Crippen molar-refractivity contribution < 1.29 is 24.5 Å². The first-order chi connectivity index (χ1) is 21.9. The van der Waals surface area contributed by atoms with Gasteiger partial charge in [-0.15, -0.1) is 23.8 Å². The summed E-state index contributed by atoms with van der Waals surface area (Å²) >= 11 is -1.87. The van der Waals surface area contributed by atoms with Crippen LogP contribution in [0.5, 0.6) is 0 Å². The summed E-state index contributed by atoms with van der Waals surface area (Å²) < 4.78 is 7.48. The molecule has 247 valence electrons. The van der Waals surface area contributed by atoms with Crippen molar-refractivity contribution in [2.24, 2.45) is 5.92 Å². The van der Waals surface area contributed by atoms with E-state index in [0.29, 0.717) is 17.5 Å². The second-order valence-corrected chi connectivity index (χ2v) is 24.6. The van der Waals surface area contributed by atoms with E-state index in [1.807, 2.05) is 24.4 Å². The number of rotatable bonds is 8. The summed E-state index contributed by atoms with van der Waals surface area (Å²) in [6, 6.07) is 29.4. The first kappa shape index (κ1) is 36.7. The Bertz CT molecular complexity index is 1930. The summed E-state index contributed by atoms with van der Waals surface area (Å²) in [5.41, 5.74) is 9.41. The summed E-state index contributed by atoms with van der Waals surface area (Å²) in [4.78, 5) is 13.9. The monoisotopic (exact) mass is 864 g/mol. The minimum absolute atomic E-state index is 0. The van der Waals surface area contributed by atoms with Crippen molar-refractivity contribution >= 4 is 39.7 Å². The normalized spacial score (nSPS) is 12.2. The van der Waals surface area contributed by atoms with Gasteiger partial charge in [0.1, 0.15) is 0 Å². The van der Waals surface area contributed by atoms with Gasteiger partial charge in [0.2, 0.25) is 5.71 Å². The molecule has 0 saturated heterocycles. The number of pyridine rings is 3. The van der Waals surface area contributed by atoms with Gasteiger partial charge in [-0.1, -0.05) is 44.7 Å². The fourth-order valence-corrected chi connectivity index (χ4v) is 8.93. The molecule has 4 aromatic heterocycles. The molecule has 0 spiro atoms. The molecule has 47 heavy (non-hydrogen) atoms. The maximum absolute atomic E-state index is 5.93. The van der Waals surface area contributed by atoms with Gasteiger partial charge in [0, 0.05) is 37.4 Å². The Balaban J connectivity index is 0.000000212. The van der Waals surface area contributed by atoms with Crippen LogP contribution in [0.1, 0.15) is 76.6 Å². The molecule has 1 atom stereocenters. The summed E-state index contributed by atoms with van der Waals surface area (Å²) in [5.74, 6) is 8.92. The topological polar surface area (TPSA) is 51.8 Å². The predicted molar refractivity (Wildman–Crippen MR) is 196 cm³/mol. The molecule has 2 aromatic carbocycles. The molecule has 1 radical (unpaired) electrons. The molecule has 0 N–H and O–H groups in total. The Kier molecular flexibility index (Phi) is 12.4. The van der Waals surface area contributed by atoms with Crippen molar-refractivity contribution in [2.75, 3.05) is 0 Å². The number of furan rings is 1. The van der Waals surface area contributed by atoms with Crippen LogP contribution in [-0.4, -0.2) is 28.2 Å². The number of nitrogens with zero attached hydrogens (tertiary/aromatic N) is 3. The SMILES string of the molecule is CC(C)c1ccnc(-c2[c-]cc3oc4nc(C(C)C)ccc4c3c2)c1.CCC(C)Cc1cc(-c2[c-]cccc2)nc[c]1[Ge]([CH3])([CH3])[CH3].[Ir]. The van der Waals surface area contributed by atoms with E-state index in [1.54, 1.807) is 4.40 Å². The Morgan fingerprint density at radius 3 is 2.23 bits per heavy atom. The number of benzene rings is 2. The molecule has 6 heteroatoms. The Morgan fingerprint density at radius 1 is 0.809 bits per heavy atom. The Hall–Kier alpha value is -3.12. The number of hydrogen-bond acceptors (Lipinski definition) is 4. The van der Waals surface area contributed by atoms with E-state index in [9.17, 15) is 0 Å². The van der Waals surface area contributed by atoms with Gasteiger partial charge in [-0.05, 0) is 35.7 Å². The largest absolute Gasteiger partial charge is 0 e. The van der Waals surface area contributed by atoms with Crippen molar-refractivity contribution in [3.8, 4) is 22.5 Å². The third kappa shape index (κ3) is 8.87. The second kappa shape index (κ2) is 15.9. The zero-order valence-electron chi connectivity index (χ0n) is 29.2. The smallest absolute Gasteiger partial charge is 0 e. The Labute approximate surface area is 297 Å². The van der Waals surface area contributed by atoms with Gasteiger partial charge in [0.25, 0.3) is 0 Å². The summed E-state index contributed by atoms with van der Waals surface area (Å²) in [7, 11) is 0. The molecule has 6 aromatic rings. The molecule has 0 saturated carbocycles. The number of hydrogen-bond donors (Lipinski definition) is 0. The predicted octanol–water partition coefficient (Wildman–Crippen LogP) is 10.8. The van der Waals surface area contributed by atoms with Gasteiger partial charge in [0.15, 0.2) is 0 Å². The Morgan fingerprint density at radius 2 is 1.57 bits per heavy atom. The van der Waals surface area contributed by atoms with Gasteiger partial charge in [-0.25, -0.2) is 4.98 Å². The molecular weight excluding hydrogens is 815 g/mol. The fourth-order valence-electron chi connectivity index (χ4n) is 5.60. The van der Waals surface area contributed by atoms with E-state index in [-0.39, 0.29) is 20.1 Å². The van der Waals surface area contributed by atoms with Crippen molar-refractivity contribution in [3.63, 3.8) is 0 Å². The first-order valence-electron chi connectivity index (χ1n) is 16.6. The van der Waals surface area contributed by atoms with Crippen LogP contribution in [0.15, 0.2) is 83.5 Å². The van der Waals surface area contributed by atoms with E-state index in [0.717, 1.165) is 56.9 Å². The maximum Gasteiger partial charge on any atom is 0 e. The average molecular weight is 863 g/mol. The standard InChI is InChI=1S/C22H21N2O.C19H26GeN.Ir/c1-13(2)15-9-10-23-20(12-15)16-5-8-21-18(11-16)17-6-7-19(14(3)4)24-22(17)25-21;1-6-15(2)12-17-13-19(16-10-8-7-9-11-16)21-14-18(17)20(3,4)5;/h6-14H,1-4H3;7-10,13-15H,6,12H2,1-5H3;/q2*-1;. The molecule has 0 aliphatic carbocycles. The summed E-state index contributed by atoms with van der Waals surface area (Å²) in [6.45, 7) is 13.3. The summed E-state index contributed by atoms with van der Waals surface area (Å²) in [5, 5.41) is 2.10. The van der Waals surface area contributed by atoms with Gasteiger partial charge in [0.05, 0.1) is 5.58 Å². The van der Waals surface area contributed by atoms with E-state index in [4.69, 9.17) is 9.40 Å². The average Bonchev–Trinajstić information content (AvgIpc) is 3.42. The van der Waals surface area contributed by atoms with Crippen LogP contribution in [-0.2, 0) is 26.5 Å². The van der Waals surface area contributed by atoms with Gasteiger partial charge in [-0.2, -0.15) is 0 Å². The molecule has 6 rings (SSSR count). The zero-order valence-corrected chi connectivity index (χ0v) is 33.7. The molecule has 4 heterocycles. The van der Waals surface area contributed by atoms with Crippen LogP contribution >= 0.6 is 0 Å². The van der Waals surface area contributed by atoms with E-state index in [2.05, 4.69) is 136 Å². The van der Waals surface area contributed by atoms with Crippen LogP contribution in [0, 0.1) is 18.1 Å². The van der Waals surface area contributed by atoms with Crippen LogP contribution < -0.4 is 4.40 Å². The van der Waals surface area contributed by atoms with Crippen molar-refractivity contribution in [3.05, 3.63) is 108 Å². The summed E-state index contributed by atoms with van der Waals surface area (Å²) in [6.07, 6.45) is 6.41. The number of fused-ring (bicyclic) bond motifs is 3. The third-order valence-electron chi connectivity index (χ3n) is 8.66. The first-order valence-corrected chi connectivity index (χ1v) is 24.0. The number of aromatic nitrogens is 3. The quantitative estimate of drug-likeness (QED) is 0.113.